The van der Waals surface area contributed by atoms with Gasteiger partial charge < -0.3 is 17.3 Å². The summed E-state index contributed by atoms with van der Waals surface area (Å²) in [5.74, 6) is 0.116. The molecule has 1 aromatic carbocycles. The lowest BCUT2D eigenvalue weighted by molar-refractivity contribution is -0.0868. The summed E-state index contributed by atoms with van der Waals surface area (Å²) < 4.78 is 80.6. The van der Waals surface area contributed by atoms with Crippen LogP contribution >= 0.6 is 10.5 Å². The molecule has 1 fully saturated rings. The Kier molecular flexibility index (Phi) is 7.22. The number of alkyl halides is 3. The molecule has 0 aliphatic heterocycles. The van der Waals surface area contributed by atoms with Gasteiger partial charge in [0.15, 0.2) is 9.58 Å². The first-order valence-electron chi connectivity index (χ1n) is 9.03. The fraction of sp³-hybridized carbons (Fsp3) is 0.556. The van der Waals surface area contributed by atoms with Crippen molar-refractivity contribution in [3.63, 3.8) is 0 Å². The van der Waals surface area contributed by atoms with E-state index in [-0.39, 0.29) is 5.92 Å². The summed E-state index contributed by atoms with van der Waals surface area (Å²) in [4.78, 5) is 0.651. The summed E-state index contributed by atoms with van der Waals surface area (Å²) in [6, 6.07) is 7.38. The van der Waals surface area contributed by atoms with Gasteiger partial charge in [-0.1, -0.05) is 38.7 Å². The Labute approximate surface area is 156 Å². The molecule has 0 saturated heterocycles. The van der Waals surface area contributed by atoms with Crippen molar-refractivity contribution in [2.75, 3.05) is 0 Å². The average Bonchev–Trinajstić information content (AvgIpc) is 2.72. The second kappa shape index (κ2) is 8.84. The van der Waals surface area contributed by atoms with E-state index in [0.717, 1.165) is 55.9 Å². The van der Waals surface area contributed by atoms with E-state index >= 15 is 0 Å². The van der Waals surface area contributed by atoms with Gasteiger partial charge in [0.2, 0.25) is 0 Å². The highest BCUT2D eigenvalue weighted by atomic mass is 32.2. The summed E-state index contributed by atoms with van der Waals surface area (Å²) in [5.41, 5.74) is -3.04. The van der Waals surface area contributed by atoms with Gasteiger partial charge in [0.1, 0.15) is 0 Å². The summed E-state index contributed by atoms with van der Waals surface area (Å²) >= 11 is 0. The predicted octanol–water partition coefficient (Wildman–Crippen LogP) is 8.37. The van der Waals surface area contributed by atoms with E-state index in [4.69, 9.17) is 0 Å². The maximum Gasteiger partial charge on any atom is 0.673 e. The molecular formula is C18H22BF7S. The number of rotatable bonds is 2. The van der Waals surface area contributed by atoms with Crippen LogP contribution in [0.15, 0.2) is 24.3 Å². The van der Waals surface area contributed by atoms with E-state index in [1.165, 1.54) is 0 Å². The maximum atomic E-state index is 13.7. The van der Waals surface area contributed by atoms with Gasteiger partial charge in [-0.15, -0.1) is 13.2 Å². The molecule has 0 amide bonds. The van der Waals surface area contributed by atoms with Crippen LogP contribution in [0.1, 0.15) is 61.8 Å². The molecule has 1 heterocycles. The first-order valence-corrected chi connectivity index (χ1v) is 10.3. The molecule has 1 atom stereocenters. The summed E-state index contributed by atoms with van der Waals surface area (Å²) in [6.45, 7) is 2.04. The van der Waals surface area contributed by atoms with Crippen molar-refractivity contribution in [3.8, 4) is 0 Å². The normalized spacial score (nSPS) is 17.4. The standard InChI is InChI=1S/C18H22F3S.BF4/c1-2-13-9-10-16-15(11-13)12-17(22(16)18(19,20)21)14-7-5-3-4-6-8-14;2-1(3,4)5/h9-12,14H,2-8H2,1H3;/q+1;-1. The molecule has 152 valence electrons. The summed E-state index contributed by atoms with van der Waals surface area (Å²) in [5, 5.41) is 0.805. The topological polar surface area (TPSA) is 0 Å². The quantitative estimate of drug-likeness (QED) is 0.200. The first kappa shape index (κ1) is 22.0. The third-order valence-electron chi connectivity index (χ3n) is 4.72. The van der Waals surface area contributed by atoms with Crippen LogP contribution in [0.4, 0.5) is 30.4 Å². The summed E-state index contributed by atoms with van der Waals surface area (Å²) in [6.07, 6.45) is 7.15. The molecule has 1 aliphatic rings. The number of halogens is 7. The van der Waals surface area contributed by atoms with Gasteiger partial charge in [-0.3, -0.25) is 0 Å². The van der Waals surface area contributed by atoms with E-state index in [1.54, 1.807) is 6.07 Å². The Morgan fingerprint density at radius 3 is 2.00 bits per heavy atom. The average molecular weight is 414 g/mol. The van der Waals surface area contributed by atoms with Crippen molar-refractivity contribution in [2.24, 2.45) is 0 Å². The van der Waals surface area contributed by atoms with Gasteiger partial charge in [0.05, 0.1) is 10.5 Å². The van der Waals surface area contributed by atoms with Crippen LogP contribution in [0.3, 0.4) is 0 Å². The van der Waals surface area contributed by atoms with Crippen LogP contribution < -0.4 is 0 Å². The van der Waals surface area contributed by atoms with Gasteiger partial charge in [-0.2, -0.15) is 0 Å². The number of benzene rings is 1. The molecule has 0 radical (unpaired) electrons. The fourth-order valence-electron chi connectivity index (χ4n) is 3.56. The second-order valence-corrected chi connectivity index (χ2v) is 8.69. The molecule has 0 spiro atoms. The Balaban J connectivity index is 0.000000465. The zero-order valence-electron chi connectivity index (χ0n) is 15.0. The highest BCUT2D eigenvalue weighted by Gasteiger charge is 2.49. The fourth-order valence-corrected chi connectivity index (χ4v) is 5.70. The van der Waals surface area contributed by atoms with E-state index in [0.29, 0.717) is 9.58 Å². The molecular weight excluding hydrogens is 392 g/mol. The van der Waals surface area contributed by atoms with Crippen molar-refractivity contribution in [3.05, 3.63) is 34.7 Å². The number of fused-ring (bicyclic) bond motifs is 1. The minimum absolute atomic E-state index is 0.116. The van der Waals surface area contributed by atoms with Gasteiger partial charge in [-0.05, 0) is 37.0 Å². The zero-order valence-corrected chi connectivity index (χ0v) is 15.8. The molecule has 9 heteroatoms. The lowest BCUT2D eigenvalue weighted by Gasteiger charge is -2.10. The highest BCUT2D eigenvalue weighted by molar-refractivity contribution is 7.38. The van der Waals surface area contributed by atoms with E-state index in [9.17, 15) is 30.4 Å². The van der Waals surface area contributed by atoms with Crippen molar-refractivity contribution < 1.29 is 30.4 Å². The van der Waals surface area contributed by atoms with Crippen molar-refractivity contribution in [1.82, 2.24) is 0 Å². The zero-order chi connectivity index (χ0) is 20.2. The van der Waals surface area contributed by atoms with Crippen LogP contribution in [0.2, 0.25) is 0 Å². The molecule has 1 unspecified atom stereocenters. The molecule has 0 bridgehead atoms. The van der Waals surface area contributed by atoms with Crippen LogP contribution in [0.5, 0.6) is 0 Å². The van der Waals surface area contributed by atoms with Crippen LogP contribution in [0.25, 0.3) is 10.1 Å². The SMILES string of the molecule is CCc1ccc2c(c1)cc(C1CCCCCC1)[s+]2C(F)(F)F.F[B-](F)(F)F. The van der Waals surface area contributed by atoms with E-state index in [2.05, 4.69) is 0 Å². The Bertz CT molecular complexity index is 734. The Morgan fingerprint density at radius 1 is 0.963 bits per heavy atom. The first-order chi connectivity index (χ1) is 12.5. The van der Waals surface area contributed by atoms with E-state index < -0.39 is 23.2 Å². The highest BCUT2D eigenvalue weighted by Crippen LogP contribution is 2.54. The van der Waals surface area contributed by atoms with Gasteiger partial charge >= 0.3 is 12.8 Å². The van der Waals surface area contributed by atoms with Crippen molar-refractivity contribution in [1.29, 1.82) is 0 Å². The Morgan fingerprint density at radius 2 is 1.52 bits per heavy atom. The molecule has 1 aromatic heterocycles. The maximum absolute atomic E-state index is 13.7. The largest absolute Gasteiger partial charge is 0.673 e. The number of hydrogen-bond acceptors (Lipinski definition) is 0. The summed E-state index contributed by atoms with van der Waals surface area (Å²) in [7, 11) is -7.71. The van der Waals surface area contributed by atoms with Gasteiger partial charge in [0.25, 0.3) is 0 Å². The third-order valence-corrected chi connectivity index (χ3v) is 6.92. The molecule has 1 saturated carbocycles. The lowest BCUT2D eigenvalue weighted by atomic mass is 9.98. The molecule has 27 heavy (non-hydrogen) atoms. The molecule has 0 nitrogen and oxygen atoms in total. The monoisotopic (exact) mass is 414 g/mol. The minimum atomic E-state index is -6.00. The van der Waals surface area contributed by atoms with Crippen LogP contribution in [-0.4, -0.2) is 7.25 Å². The van der Waals surface area contributed by atoms with Crippen LogP contribution in [-0.2, 0) is 11.9 Å². The Hall–Kier alpha value is -1.25. The molecule has 3 rings (SSSR count). The number of thiophene rings is 1. The lowest BCUT2D eigenvalue weighted by Crippen LogP contribution is -2.02. The third kappa shape index (κ3) is 6.40. The predicted molar refractivity (Wildman–Crippen MR) is 97.7 cm³/mol. The smallest absolute Gasteiger partial charge is 0.418 e. The second-order valence-electron chi connectivity index (χ2n) is 6.71. The van der Waals surface area contributed by atoms with Crippen LogP contribution in [0, 0.1) is 0 Å². The minimum Gasteiger partial charge on any atom is -0.418 e. The van der Waals surface area contributed by atoms with E-state index in [1.807, 2.05) is 25.1 Å². The number of hydrogen-bond donors (Lipinski definition) is 0. The van der Waals surface area contributed by atoms with Gasteiger partial charge in [0, 0.05) is 17.4 Å². The molecule has 1 aliphatic carbocycles. The molecule has 0 N–H and O–H groups in total. The van der Waals surface area contributed by atoms with Gasteiger partial charge in [-0.25, -0.2) is 0 Å². The molecule has 2 aromatic rings. The number of aryl methyl sites for hydroxylation is 1. The van der Waals surface area contributed by atoms with Crippen molar-refractivity contribution >= 4 is 27.8 Å². The van der Waals surface area contributed by atoms with Crippen molar-refractivity contribution in [2.45, 2.75) is 63.3 Å².